The van der Waals surface area contributed by atoms with Crippen molar-refractivity contribution in [2.75, 3.05) is 46.0 Å². The molecule has 1 aromatic heterocycles. The molecular formula is C17H28N4O4S. The van der Waals surface area contributed by atoms with E-state index in [1.807, 2.05) is 12.1 Å². The zero-order chi connectivity index (χ0) is 18.8. The Hall–Kier alpha value is -1.29. The van der Waals surface area contributed by atoms with Gasteiger partial charge in [-0.2, -0.15) is 22.1 Å². The molecule has 0 spiro atoms. The maximum atomic E-state index is 12.7. The molecule has 1 atom stereocenters. The third-order valence-corrected chi connectivity index (χ3v) is 6.75. The first-order chi connectivity index (χ1) is 12.3. The molecular weight excluding hydrogens is 356 g/mol. The minimum atomic E-state index is -3.40. The number of morpholine rings is 1. The SMILES string of the molecule is CC(C)(C)c1ccc(OCC2CCN(S(=O)(=O)N3CCOCC3)C2)nn1. The Balaban J connectivity index is 1.51. The molecule has 1 unspecified atom stereocenters. The lowest BCUT2D eigenvalue weighted by atomic mass is 9.92. The lowest BCUT2D eigenvalue weighted by Gasteiger charge is -2.30. The van der Waals surface area contributed by atoms with Gasteiger partial charge in [0.05, 0.1) is 25.5 Å². The Morgan fingerprint density at radius 3 is 2.50 bits per heavy atom. The molecule has 2 saturated heterocycles. The van der Waals surface area contributed by atoms with E-state index < -0.39 is 10.2 Å². The highest BCUT2D eigenvalue weighted by Gasteiger charge is 2.36. The van der Waals surface area contributed by atoms with Crippen LogP contribution in [-0.2, 0) is 20.4 Å². The van der Waals surface area contributed by atoms with Gasteiger partial charge in [-0.1, -0.05) is 20.8 Å². The van der Waals surface area contributed by atoms with E-state index in [0.717, 1.165) is 12.1 Å². The molecule has 0 bridgehead atoms. The van der Waals surface area contributed by atoms with E-state index in [-0.39, 0.29) is 11.3 Å². The van der Waals surface area contributed by atoms with E-state index in [2.05, 4.69) is 31.0 Å². The van der Waals surface area contributed by atoms with Crippen LogP contribution in [0.1, 0.15) is 32.9 Å². The number of aromatic nitrogens is 2. The molecule has 146 valence electrons. The summed E-state index contributed by atoms with van der Waals surface area (Å²) in [6.07, 6.45) is 0.789. The third-order valence-electron chi connectivity index (χ3n) is 4.75. The van der Waals surface area contributed by atoms with Gasteiger partial charge in [0.25, 0.3) is 10.2 Å². The number of rotatable bonds is 5. The Morgan fingerprint density at radius 2 is 1.88 bits per heavy atom. The van der Waals surface area contributed by atoms with Crippen LogP contribution in [0.15, 0.2) is 12.1 Å². The maximum absolute atomic E-state index is 12.7. The van der Waals surface area contributed by atoms with Gasteiger partial charge in [0.15, 0.2) is 0 Å². The van der Waals surface area contributed by atoms with Gasteiger partial charge in [0, 0.05) is 43.6 Å². The van der Waals surface area contributed by atoms with Gasteiger partial charge in [-0.25, -0.2) is 0 Å². The Kier molecular flexibility index (Phi) is 5.81. The van der Waals surface area contributed by atoms with Gasteiger partial charge < -0.3 is 9.47 Å². The summed E-state index contributed by atoms with van der Waals surface area (Å²) in [5, 5.41) is 8.33. The number of hydrogen-bond acceptors (Lipinski definition) is 6. The zero-order valence-corrected chi connectivity index (χ0v) is 16.5. The van der Waals surface area contributed by atoms with Crippen LogP contribution in [0, 0.1) is 5.92 Å². The zero-order valence-electron chi connectivity index (χ0n) is 15.7. The molecule has 2 aliphatic heterocycles. The van der Waals surface area contributed by atoms with Gasteiger partial charge in [-0.3, -0.25) is 0 Å². The van der Waals surface area contributed by atoms with Crippen molar-refractivity contribution in [1.82, 2.24) is 18.8 Å². The summed E-state index contributed by atoms with van der Waals surface area (Å²) >= 11 is 0. The number of nitrogens with zero attached hydrogens (tertiary/aromatic N) is 4. The van der Waals surface area contributed by atoms with Crippen LogP contribution in [0.3, 0.4) is 0 Å². The topological polar surface area (TPSA) is 84.9 Å². The molecule has 3 heterocycles. The number of hydrogen-bond donors (Lipinski definition) is 0. The van der Waals surface area contributed by atoms with Crippen LogP contribution in [0.5, 0.6) is 5.88 Å². The van der Waals surface area contributed by atoms with E-state index in [1.54, 1.807) is 4.31 Å². The smallest absolute Gasteiger partial charge is 0.282 e. The van der Waals surface area contributed by atoms with Crippen LogP contribution < -0.4 is 4.74 Å². The fourth-order valence-electron chi connectivity index (χ4n) is 3.08. The molecule has 3 rings (SSSR count). The molecule has 8 nitrogen and oxygen atoms in total. The summed E-state index contributed by atoms with van der Waals surface area (Å²) in [6, 6.07) is 3.75. The average molecular weight is 385 g/mol. The summed E-state index contributed by atoms with van der Waals surface area (Å²) in [5.41, 5.74) is 0.860. The van der Waals surface area contributed by atoms with Gasteiger partial charge in [0.2, 0.25) is 5.88 Å². The van der Waals surface area contributed by atoms with Crippen molar-refractivity contribution in [3.8, 4) is 5.88 Å². The minimum Gasteiger partial charge on any atom is -0.476 e. The molecule has 0 radical (unpaired) electrons. The normalized spacial score (nSPS) is 23.3. The first-order valence-electron chi connectivity index (χ1n) is 9.07. The van der Waals surface area contributed by atoms with Crippen molar-refractivity contribution < 1.29 is 17.9 Å². The molecule has 0 N–H and O–H groups in total. The van der Waals surface area contributed by atoms with Crippen molar-refractivity contribution in [3.63, 3.8) is 0 Å². The summed E-state index contributed by atoms with van der Waals surface area (Å²) < 4.78 is 39.4. The van der Waals surface area contributed by atoms with E-state index in [0.29, 0.717) is 51.9 Å². The fraction of sp³-hybridized carbons (Fsp3) is 0.765. The van der Waals surface area contributed by atoms with Crippen molar-refractivity contribution in [3.05, 3.63) is 17.8 Å². The molecule has 2 fully saturated rings. The maximum Gasteiger partial charge on any atom is 0.282 e. The van der Waals surface area contributed by atoms with Crippen LogP contribution >= 0.6 is 0 Å². The molecule has 0 aromatic carbocycles. The molecule has 0 aliphatic carbocycles. The summed E-state index contributed by atoms with van der Waals surface area (Å²) in [7, 11) is -3.40. The molecule has 1 aromatic rings. The predicted molar refractivity (Wildman–Crippen MR) is 97.2 cm³/mol. The first-order valence-corrected chi connectivity index (χ1v) is 10.5. The van der Waals surface area contributed by atoms with Crippen LogP contribution in [0.4, 0.5) is 0 Å². The molecule has 9 heteroatoms. The van der Waals surface area contributed by atoms with Gasteiger partial charge in [0.1, 0.15) is 0 Å². The van der Waals surface area contributed by atoms with Crippen molar-refractivity contribution in [2.45, 2.75) is 32.6 Å². The van der Waals surface area contributed by atoms with E-state index >= 15 is 0 Å². The molecule has 2 aliphatic rings. The quantitative estimate of drug-likeness (QED) is 0.754. The van der Waals surface area contributed by atoms with Crippen LogP contribution in [-0.4, -0.2) is 73.2 Å². The highest BCUT2D eigenvalue weighted by atomic mass is 32.2. The lowest BCUT2D eigenvalue weighted by molar-refractivity contribution is 0.0705. The van der Waals surface area contributed by atoms with Gasteiger partial charge in [-0.05, 0) is 12.5 Å². The van der Waals surface area contributed by atoms with Gasteiger partial charge >= 0.3 is 0 Å². The second-order valence-corrected chi connectivity index (χ2v) is 9.78. The largest absolute Gasteiger partial charge is 0.476 e. The predicted octanol–water partition coefficient (Wildman–Crippen LogP) is 1.05. The first kappa shape index (κ1) is 19.5. The van der Waals surface area contributed by atoms with Crippen LogP contribution in [0.25, 0.3) is 0 Å². The Labute approximate surface area is 155 Å². The van der Waals surface area contributed by atoms with E-state index in [9.17, 15) is 8.42 Å². The fourth-order valence-corrected chi connectivity index (χ4v) is 4.76. The van der Waals surface area contributed by atoms with Crippen molar-refractivity contribution >= 4 is 10.2 Å². The van der Waals surface area contributed by atoms with Crippen molar-refractivity contribution in [1.29, 1.82) is 0 Å². The standard InChI is InChI=1S/C17H28N4O4S/c1-17(2,3)15-4-5-16(19-18-15)25-13-14-6-7-21(12-14)26(22,23)20-8-10-24-11-9-20/h4-5,14H,6-13H2,1-3H3. The van der Waals surface area contributed by atoms with E-state index in [4.69, 9.17) is 9.47 Å². The average Bonchev–Trinajstić information content (AvgIpc) is 3.10. The van der Waals surface area contributed by atoms with Gasteiger partial charge in [-0.15, -0.1) is 5.10 Å². The third kappa shape index (κ3) is 4.51. The monoisotopic (exact) mass is 384 g/mol. The minimum absolute atomic E-state index is 0.0503. The highest BCUT2D eigenvalue weighted by molar-refractivity contribution is 7.86. The molecule has 0 saturated carbocycles. The summed E-state index contributed by atoms with van der Waals surface area (Å²) in [6.45, 7) is 9.48. The van der Waals surface area contributed by atoms with Crippen molar-refractivity contribution in [2.24, 2.45) is 5.92 Å². The van der Waals surface area contributed by atoms with E-state index in [1.165, 1.54) is 4.31 Å². The molecule has 0 amide bonds. The second-order valence-electron chi connectivity index (χ2n) is 7.85. The summed E-state index contributed by atoms with van der Waals surface area (Å²) in [4.78, 5) is 0. The Morgan fingerprint density at radius 1 is 1.15 bits per heavy atom. The second kappa shape index (κ2) is 7.75. The summed E-state index contributed by atoms with van der Waals surface area (Å²) in [5.74, 6) is 0.641. The lowest BCUT2D eigenvalue weighted by Crippen LogP contribution is -2.47. The van der Waals surface area contributed by atoms with Crippen LogP contribution in [0.2, 0.25) is 0 Å². The number of ether oxygens (including phenoxy) is 2. The highest BCUT2D eigenvalue weighted by Crippen LogP contribution is 2.24. The Bertz CT molecular complexity index is 696. The molecule has 26 heavy (non-hydrogen) atoms.